The number of ketones is 2. The van der Waals surface area contributed by atoms with E-state index in [0.29, 0.717) is 18.8 Å². The van der Waals surface area contributed by atoms with Gasteiger partial charge in [0.25, 0.3) is 0 Å². The average Bonchev–Trinajstić information content (AvgIpc) is 2.88. The largest absolute Gasteiger partial charge is 0.348 e. The molecule has 3 rings (SSSR count). The third-order valence-corrected chi connectivity index (χ3v) is 5.36. The number of carbonyl (C=O) groups excluding carboxylic acids is 2. The van der Waals surface area contributed by atoms with Crippen LogP contribution in [0.4, 0.5) is 0 Å². The van der Waals surface area contributed by atoms with Crippen LogP contribution < -0.4 is 0 Å². The Hall–Kier alpha value is -1.52. The van der Waals surface area contributed by atoms with Crippen LogP contribution in [-0.2, 0) is 14.3 Å². The molecule has 1 aromatic carbocycles. The van der Waals surface area contributed by atoms with Gasteiger partial charge in [0.15, 0.2) is 11.6 Å². The maximum absolute atomic E-state index is 13.1. The van der Waals surface area contributed by atoms with Gasteiger partial charge in [-0.25, -0.2) is 0 Å². The molecule has 1 aliphatic heterocycles. The van der Waals surface area contributed by atoms with Crippen molar-refractivity contribution in [1.82, 2.24) is 0 Å². The number of carbonyl (C=O) groups is 2. The first-order chi connectivity index (χ1) is 11.9. The highest BCUT2D eigenvalue weighted by molar-refractivity contribution is 6.12. The van der Waals surface area contributed by atoms with Gasteiger partial charge in [-0.15, -0.1) is 0 Å². The molecule has 1 heterocycles. The van der Waals surface area contributed by atoms with Crippen LogP contribution in [0.2, 0.25) is 0 Å². The zero-order valence-electron chi connectivity index (χ0n) is 15.4. The molecule has 0 bridgehead atoms. The Kier molecular flexibility index (Phi) is 5.12. The summed E-state index contributed by atoms with van der Waals surface area (Å²) in [5.41, 5.74) is 0.529. The maximum Gasteiger partial charge on any atom is 0.179 e. The molecule has 1 aromatic rings. The molecular weight excluding hydrogens is 316 g/mol. The molecule has 0 aromatic heterocycles. The molecule has 2 fully saturated rings. The Labute approximate surface area is 149 Å². The second kappa shape index (κ2) is 7.00. The van der Waals surface area contributed by atoms with Crippen molar-refractivity contribution in [3.05, 3.63) is 35.9 Å². The van der Waals surface area contributed by atoms with E-state index in [1.165, 1.54) is 0 Å². The fourth-order valence-corrected chi connectivity index (χ4v) is 3.92. The molecule has 0 unspecified atom stereocenters. The predicted octanol–water partition coefficient (Wildman–Crippen LogP) is 4.03. The molecule has 25 heavy (non-hydrogen) atoms. The molecule has 4 nitrogen and oxygen atoms in total. The summed E-state index contributed by atoms with van der Waals surface area (Å²) >= 11 is 0. The van der Waals surface area contributed by atoms with E-state index in [1.54, 1.807) is 12.1 Å². The molecule has 136 valence electrons. The molecule has 2 aliphatic rings. The lowest BCUT2D eigenvalue weighted by atomic mass is 9.82. The van der Waals surface area contributed by atoms with Crippen LogP contribution in [0.1, 0.15) is 56.8 Å². The summed E-state index contributed by atoms with van der Waals surface area (Å²) in [6.07, 6.45) is 2.92. The van der Waals surface area contributed by atoms with Crippen LogP contribution in [-0.4, -0.2) is 30.6 Å². The molecule has 1 saturated carbocycles. The number of hydrogen-bond acceptors (Lipinski definition) is 4. The summed E-state index contributed by atoms with van der Waals surface area (Å²) in [6.45, 7) is 7.39. The zero-order chi connectivity index (χ0) is 18.1. The maximum atomic E-state index is 13.1. The first kappa shape index (κ1) is 18.3. The smallest absolute Gasteiger partial charge is 0.179 e. The first-order valence-electron chi connectivity index (χ1n) is 9.28. The van der Waals surface area contributed by atoms with Crippen molar-refractivity contribution in [3.63, 3.8) is 0 Å². The lowest BCUT2D eigenvalue weighted by Gasteiger charge is -2.44. The van der Waals surface area contributed by atoms with Gasteiger partial charge in [-0.1, -0.05) is 63.9 Å². The van der Waals surface area contributed by atoms with E-state index in [9.17, 15) is 9.59 Å². The van der Waals surface area contributed by atoms with Gasteiger partial charge in [0.2, 0.25) is 0 Å². The Morgan fingerprint density at radius 3 is 2.40 bits per heavy atom. The van der Waals surface area contributed by atoms with Gasteiger partial charge in [0.1, 0.15) is 5.78 Å². The molecule has 1 aliphatic carbocycles. The van der Waals surface area contributed by atoms with E-state index in [-0.39, 0.29) is 29.3 Å². The van der Waals surface area contributed by atoms with Crippen LogP contribution in [0.5, 0.6) is 0 Å². The number of benzene rings is 1. The van der Waals surface area contributed by atoms with Crippen molar-refractivity contribution in [3.8, 4) is 0 Å². The Balaban J connectivity index is 1.89. The fourth-order valence-electron chi connectivity index (χ4n) is 3.92. The number of ether oxygens (including phenoxy) is 2. The summed E-state index contributed by atoms with van der Waals surface area (Å²) in [5.74, 6) is -1.93. The fraction of sp³-hybridized carbons (Fsp3) is 0.619. The van der Waals surface area contributed by atoms with E-state index >= 15 is 0 Å². The SMILES string of the molecule is CCCC[C@@H]1[C@@H](C(=O)c2ccccc2)C(=O)CC12OCC(C)(C)CO2. The van der Waals surface area contributed by atoms with E-state index in [2.05, 4.69) is 20.8 Å². The number of Topliss-reactive ketones (excluding diaryl/α,β-unsaturated/α-hetero) is 2. The lowest BCUT2D eigenvalue weighted by Crippen LogP contribution is -2.51. The van der Waals surface area contributed by atoms with Crippen LogP contribution in [0.25, 0.3) is 0 Å². The van der Waals surface area contributed by atoms with Gasteiger partial charge in [-0.3, -0.25) is 9.59 Å². The Morgan fingerprint density at radius 1 is 1.16 bits per heavy atom. The van der Waals surface area contributed by atoms with Crippen LogP contribution in [0.3, 0.4) is 0 Å². The van der Waals surface area contributed by atoms with Gasteiger partial charge in [0, 0.05) is 16.9 Å². The number of hydrogen-bond donors (Lipinski definition) is 0. The van der Waals surface area contributed by atoms with Crippen molar-refractivity contribution < 1.29 is 19.1 Å². The topological polar surface area (TPSA) is 52.6 Å². The molecular formula is C21H28O4. The van der Waals surface area contributed by atoms with Gasteiger partial charge in [0.05, 0.1) is 25.6 Å². The van der Waals surface area contributed by atoms with Gasteiger partial charge >= 0.3 is 0 Å². The van der Waals surface area contributed by atoms with E-state index < -0.39 is 11.7 Å². The van der Waals surface area contributed by atoms with Crippen LogP contribution in [0.15, 0.2) is 30.3 Å². The number of unbranched alkanes of at least 4 members (excludes halogenated alkanes) is 1. The highest BCUT2D eigenvalue weighted by atomic mass is 16.7. The minimum absolute atomic E-state index is 0.0466. The van der Waals surface area contributed by atoms with E-state index in [4.69, 9.17) is 9.47 Å². The second-order valence-corrected chi connectivity index (χ2v) is 8.15. The summed E-state index contributed by atoms with van der Waals surface area (Å²) < 4.78 is 12.3. The molecule has 0 radical (unpaired) electrons. The van der Waals surface area contributed by atoms with Crippen molar-refractivity contribution >= 4 is 11.6 Å². The van der Waals surface area contributed by atoms with Crippen LogP contribution >= 0.6 is 0 Å². The zero-order valence-corrected chi connectivity index (χ0v) is 15.4. The predicted molar refractivity (Wildman–Crippen MR) is 95.3 cm³/mol. The quantitative estimate of drug-likeness (QED) is 0.598. The Bertz CT molecular complexity index is 625. The standard InChI is InChI=1S/C21H28O4/c1-4-5-11-16-18(19(23)15-9-7-6-8-10-15)17(22)12-21(16)24-13-20(2,3)14-25-21/h6-10,16,18H,4-5,11-14H2,1-3H3/t16-,18-/m1/s1. The van der Waals surface area contributed by atoms with Gasteiger partial charge in [-0.2, -0.15) is 0 Å². The minimum Gasteiger partial charge on any atom is -0.348 e. The molecule has 4 heteroatoms. The first-order valence-corrected chi connectivity index (χ1v) is 9.28. The summed E-state index contributed by atoms with van der Waals surface area (Å²) in [4.78, 5) is 25.9. The average molecular weight is 344 g/mol. The third kappa shape index (κ3) is 3.56. The summed E-state index contributed by atoms with van der Waals surface area (Å²) in [5, 5.41) is 0. The van der Waals surface area contributed by atoms with E-state index in [1.807, 2.05) is 18.2 Å². The normalized spacial score (nSPS) is 27.6. The lowest BCUT2D eigenvalue weighted by molar-refractivity contribution is -0.315. The second-order valence-electron chi connectivity index (χ2n) is 8.15. The van der Waals surface area contributed by atoms with Crippen molar-refractivity contribution in [1.29, 1.82) is 0 Å². The highest BCUT2D eigenvalue weighted by Gasteiger charge is 2.59. The molecule has 0 N–H and O–H groups in total. The van der Waals surface area contributed by atoms with Crippen molar-refractivity contribution in [2.45, 2.75) is 52.2 Å². The monoisotopic (exact) mass is 344 g/mol. The van der Waals surface area contributed by atoms with Crippen molar-refractivity contribution in [2.75, 3.05) is 13.2 Å². The molecule has 0 amide bonds. The summed E-state index contributed by atoms with van der Waals surface area (Å²) in [7, 11) is 0. The van der Waals surface area contributed by atoms with Gasteiger partial charge < -0.3 is 9.47 Å². The third-order valence-electron chi connectivity index (χ3n) is 5.36. The Morgan fingerprint density at radius 2 is 1.80 bits per heavy atom. The number of rotatable bonds is 5. The molecule has 2 atom stereocenters. The van der Waals surface area contributed by atoms with Crippen molar-refractivity contribution in [2.24, 2.45) is 17.3 Å². The molecule has 1 saturated heterocycles. The minimum atomic E-state index is -0.920. The van der Waals surface area contributed by atoms with Gasteiger partial charge in [-0.05, 0) is 6.42 Å². The highest BCUT2D eigenvalue weighted by Crippen LogP contribution is 2.48. The van der Waals surface area contributed by atoms with Crippen LogP contribution in [0, 0.1) is 17.3 Å². The molecule has 1 spiro atoms. The summed E-state index contributed by atoms with van der Waals surface area (Å²) in [6, 6.07) is 9.10. The van der Waals surface area contributed by atoms with E-state index in [0.717, 1.165) is 19.3 Å².